The summed E-state index contributed by atoms with van der Waals surface area (Å²) in [4.78, 5) is 7.80. The van der Waals surface area contributed by atoms with Gasteiger partial charge in [0.2, 0.25) is 0 Å². The molecule has 0 saturated carbocycles. The Labute approximate surface area is 117 Å². The van der Waals surface area contributed by atoms with Crippen LogP contribution in [0.2, 0.25) is 0 Å². The van der Waals surface area contributed by atoms with Crippen LogP contribution in [0.4, 0.5) is 5.69 Å². The Bertz CT molecular complexity index is 866. The van der Waals surface area contributed by atoms with Crippen molar-refractivity contribution in [3.05, 3.63) is 65.4 Å². The van der Waals surface area contributed by atoms with Crippen molar-refractivity contribution in [1.29, 1.82) is 0 Å². The van der Waals surface area contributed by atoms with E-state index in [-0.39, 0.29) is 0 Å². The van der Waals surface area contributed by atoms with Gasteiger partial charge in [-0.3, -0.25) is 4.99 Å². The van der Waals surface area contributed by atoms with E-state index >= 15 is 0 Å². The number of fused-ring (bicyclic) bond motifs is 2. The molecule has 20 heavy (non-hydrogen) atoms. The molecule has 1 aliphatic rings. The second-order valence-corrected chi connectivity index (χ2v) is 5.12. The maximum Gasteiger partial charge on any atom is 0.0708 e. The molecule has 0 saturated heterocycles. The number of aromatic nitrogens is 1. The summed E-state index contributed by atoms with van der Waals surface area (Å²) in [6, 6.07) is 14.6. The summed E-state index contributed by atoms with van der Waals surface area (Å²) in [5, 5.41) is 1.29. The molecule has 3 aromatic rings. The third-order valence-electron chi connectivity index (χ3n) is 3.81. The van der Waals surface area contributed by atoms with Crippen LogP contribution >= 0.6 is 0 Å². The molecule has 0 bridgehead atoms. The van der Waals surface area contributed by atoms with Gasteiger partial charge in [0.15, 0.2) is 0 Å². The summed E-state index contributed by atoms with van der Waals surface area (Å²) in [5.41, 5.74) is 7.12. The number of aryl methyl sites for hydroxylation is 1. The van der Waals surface area contributed by atoms with Crippen molar-refractivity contribution >= 4 is 34.5 Å². The summed E-state index contributed by atoms with van der Waals surface area (Å²) in [7, 11) is 0. The first-order chi connectivity index (χ1) is 9.83. The lowest BCUT2D eigenvalue weighted by Gasteiger charge is -2.00. The van der Waals surface area contributed by atoms with Crippen LogP contribution in [0.15, 0.2) is 53.7 Å². The van der Waals surface area contributed by atoms with Crippen molar-refractivity contribution < 1.29 is 0 Å². The van der Waals surface area contributed by atoms with Crippen LogP contribution in [0.5, 0.6) is 0 Å². The SMILES string of the molecule is Cc1cccc2[nH]cc(C=C3C=Nc4ccccc43)c12. The Hall–Kier alpha value is -2.61. The van der Waals surface area contributed by atoms with E-state index in [2.05, 4.69) is 59.5 Å². The van der Waals surface area contributed by atoms with Crippen molar-refractivity contribution in [2.24, 2.45) is 4.99 Å². The maximum absolute atomic E-state index is 4.46. The van der Waals surface area contributed by atoms with Crippen LogP contribution < -0.4 is 0 Å². The van der Waals surface area contributed by atoms with Crippen LogP contribution in [0.1, 0.15) is 16.7 Å². The van der Waals surface area contributed by atoms with E-state index in [4.69, 9.17) is 0 Å². The summed E-state index contributed by atoms with van der Waals surface area (Å²) in [5.74, 6) is 0. The van der Waals surface area contributed by atoms with Crippen molar-refractivity contribution in [3.63, 3.8) is 0 Å². The lowest BCUT2D eigenvalue weighted by molar-refractivity contribution is 1.46. The zero-order chi connectivity index (χ0) is 13.5. The van der Waals surface area contributed by atoms with E-state index in [0.717, 1.165) is 5.69 Å². The first-order valence-corrected chi connectivity index (χ1v) is 6.75. The number of aromatic amines is 1. The second-order valence-electron chi connectivity index (χ2n) is 5.12. The smallest absolute Gasteiger partial charge is 0.0708 e. The summed E-state index contributed by atoms with van der Waals surface area (Å²) in [6.07, 6.45) is 6.22. The number of para-hydroxylation sites is 1. The molecule has 0 unspecified atom stereocenters. The van der Waals surface area contributed by atoms with Gasteiger partial charge < -0.3 is 4.98 Å². The Morgan fingerprint density at radius 1 is 1.05 bits per heavy atom. The minimum absolute atomic E-state index is 1.05. The van der Waals surface area contributed by atoms with Crippen molar-refractivity contribution in [2.75, 3.05) is 0 Å². The molecule has 0 aliphatic carbocycles. The number of hydrogen-bond donors (Lipinski definition) is 1. The molecule has 2 aromatic carbocycles. The highest BCUT2D eigenvalue weighted by Gasteiger charge is 2.12. The third-order valence-corrected chi connectivity index (χ3v) is 3.81. The molecule has 1 aliphatic heterocycles. The quantitative estimate of drug-likeness (QED) is 0.653. The molecule has 96 valence electrons. The molecule has 0 amide bonds. The highest BCUT2D eigenvalue weighted by molar-refractivity contribution is 6.22. The second kappa shape index (κ2) is 4.20. The summed E-state index contributed by atoms with van der Waals surface area (Å²) in [6.45, 7) is 2.15. The maximum atomic E-state index is 4.46. The van der Waals surface area contributed by atoms with Gasteiger partial charge in [-0.25, -0.2) is 0 Å². The molecule has 1 aromatic heterocycles. The molecule has 4 rings (SSSR count). The molecule has 0 atom stereocenters. The van der Waals surface area contributed by atoms with Gasteiger partial charge in [-0.05, 0) is 30.7 Å². The molecule has 0 fully saturated rings. The van der Waals surface area contributed by atoms with Crippen LogP contribution in [0.3, 0.4) is 0 Å². The number of rotatable bonds is 1. The van der Waals surface area contributed by atoms with E-state index in [0.29, 0.717) is 0 Å². The molecular weight excluding hydrogens is 244 g/mol. The zero-order valence-corrected chi connectivity index (χ0v) is 11.2. The number of H-pyrrole nitrogens is 1. The van der Waals surface area contributed by atoms with E-state index in [1.165, 1.54) is 33.2 Å². The monoisotopic (exact) mass is 258 g/mol. The Kier molecular flexibility index (Phi) is 2.36. The number of allylic oxidation sites excluding steroid dienone is 1. The normalized spacial score (nSPS) is 15.2. The van der Waals surface area contributed by atoms with Gasteiger partial charge in [-0.15, -0.1) is 0 Å². The van der Waals surface area contributed by atoms with E-state index < -0.39 is 0 Å². The number of nitrogens with zero attached hydrogens (tertiary/aromatic N) is 1. The largest absolute Gasteiger partial charge is 0.361 e. The standard InChI is InChI=1S/C18H14N2/c1-12-5-4-8-17-18(12)14(11-20-17)9-13-10-19-16-7-3-2-6-15(13)16/h2-11,20H,1H3. The minimum Gasteiger partial charge on any atom is -0.361 e. The van der Waals surface area contributed by atoms with Gasteiger partial charge in [-0.1, -0.05) is 30.3 Å². The highest BCUT2D eigenvalue weighted by atomic mass is 14.8. The first kappa shape index (κ1) is 11.2. The molecule has 2 heteroatoms. The molecule has 1 N–H and O–H groups in total. The Morgan fingerprint density at radius 2 is 1.95 bits per heavy atom. The van der Waals surface area contributed by atoms with Crippen molar-refractivity contribution in [1.82, 2.24) is 4.98 Å². The topological polar surface area (TPSA) is 28.1 Å². The highest BCUT2D eigenvalue weighted by Crippen LogP contribution is 2.33. The molecular formula is C18H14N2. The predicted octanol–water partition coefficient (Wildman–Crippen LogP) is 4.73. The zero-order valence-electron chi connectivity index (χ0n) is 11.2. The van der Waals surface area contributed by atoms with Crippen molar-refractivity contribution in [3.8, 4) is 0 Å². The third kappa shape index (κ3) is 1.62. The molecule has 2 nitrogen and oxygen atoms in total. The van der Waals surface area contributed by atoms with Crippen LogP contribution in [0.25, 0.3) is 22.6 Å². The lowest BCUT2D eigenvalue weighted by Crippen LogP contribution is -1.81. The van der Waals surface area contributed by atoms with Crippen LogP contribution in [-0.4, -0.2) is 11.2 Å². The summed E-state index contributed by atoms with van der Waals surface area (Å²) < 4.78 is 0. The molecule has 0 radical (unpaired) electrons. The van der Waals surface area contributed by atoms with Gasteiger partial charge in [0, 0.05) is 40.0 Å². The van der Waals surface area contributed by atoms with Gasteiger partial charge in [0.1, 0.15) is 0 Å². The van der Waals surface area contributed by atoms with Gasteiger partial charge in [0.25, 0.3) is 0 Å². The number of benzene rings is 2. The van der Waals surface area contributed by atoms with E-state index in [1.807, 2.05) is 18.3 Å². The van der Waals surface area contributed by atoms with Gasteiger partial charge >= 0.3 is 0 Å². The van der Waals surface area contributed by atoms with Gasteiger partial charge in [0.05, 0.1) is 5.69 Å². The summed E-state index contributed by atoms with van der Waals surface area (Å²) >= 11 is 0. The first-order valence-electron chi connectivity index (χ1n) is 6.75. The Morgan fingerprint density at radius 3 is 2.90 bits per heavy atom. The fourth-order valence-corrected chi connectivity index (χ4v) is 2.83. The van der Waals surface area contributed by atoms with Gasteiger partial charge in [-0.2, -0.15) is 0 Å². The fraction of sp³-hybridized carbons (Fsp3) is 0.0556. The molecule has 0 spiro atoms. The van der Waals surface area contributed by atoms with E-state index in [1.54, 1.807) is 0 Å². The average Bonchev–Trinajstić information content (AvgIpc) is 3.06. The average molecular weight is 258 g/mol. The number of hydrogen-bond acceptors (Lipinski definition) is 1. The number of nitrogens with one attached hydrogen (secondary N) is 1. The van der Waals surface area contributed by atoms with E-state index in [9.17, 15) is 0 Å². The minimum atomic E-state index is 1.05. The Balaban J connectivity index is 1.91. The number of aliphatic imine (C=N–C) groups is 1. The lowest BCUT2D eigenvalue weighted by atomic mass is 10.0. The predicted molar refractivity (Wildman–Crippen MR) is 85.5 cm³/mol. The van der Waals surface area contributed by atoms with Crippen molar-refractivity contribution in [2.45, 2.75) is 6.92 Å². The fourth-order valence-electron chi connectivity index (χ4n) is 2.83. The molecule has 2 heterocycles. The van der Waals surface area contributed by atoms with Crippen LogP contribution in [-0.2, 0) is 0 Å². The van der Waals surface area contributed by atoms with Crippen LogP contribution in [0, 0.1) is 6.92 Å².